The molecule has 0 spiro atoms. The molecule has 0 aromatic carbocycles. The summed E-state index contributed by atoms with van der Waals surface area (Å²) in [6, 6.07) is 1.44. The highest BCUT2D eigenvalue weighted by molar-refractivity contribution is 4.99. The van der Waals surface area contributed by atoms with E-state index in [1.807, 2.05) is 0 Å². The van der Waals surface area contributed by atoms with Gasteiger partial charge in [0, 0.05) is 12.1 Å². The van der Waals surface area contributed by atoms with Gasteiger partial charge < -0.3 is 5.32 Å². The lowest BCUT2D eigenvalue weighted by molar-refractivity contribution is 0.0162. The molecule has 2 fully saturated rings. The van der Waals surface area contributed by atoms with Gasteiger partial charge in [0.05, 0.1) is 0 Å². The van der Waals surface area contributed by atoms with Crippen LogP contribution >= 0.6 is 0 Å². The van der Waals surface area contributed by atoms with Gasteiger partial charge in [-0.05, 0) is 56.1 Å². The molecule has 19 heavy (non-hydrogen) atoms. The number of likely N-dealkylation sites (N-methyl/N-ethyl adjacent to an activating group) is 1. The molecule has 112 valence electrons. The van der Waals surface area contributed by atoms with Crippen molar-refractivity contribution >= 4 is 0 Å². The highest BCUT2D eigenvalue weighted by Gasteiger charge is 2.42. The second kappa shape index (κ2) is 5.73. The van der Waals surface area contributed by atoms with E-state index in [-0.39, 0.29) is 0 Å². The first-order chi connectivity index (χ1) is 8.86. The Morgan fingerprint density at radius 2 is 1.68 bits per heavy atom. The summed E-state index contributed by atoms with van der Waals surface area (Å²) in [7, 11) is 0. The maximum Gasteiger partial charge on any atom is 0.0274 e. The van der Waals surface area contributed by atoms with Crippen molar-refractivity contribution in [3.05, 3.63) is 0 Å². The molecule has 0 bridgehead atoms. The van der Waals surface area contributed by atoms with Crippen molar-refractivity contribution in [2.24, 2.45) is 10.8 Å². The molecule has 1 N–H and O–H groups in total. The van der Waals surface area contributed by atoms with Gasteiger partial charge in [0.25, 0.3) is 0 Å². The third-order valence-electron chi connectivity index (χ3n) is 5.59. The summed E-state index contributed by atoms with van der Waals surface area (Å²) in [6.07, 6.45) is 6.90. The molecule has 0 aromatic heterocycles. The lowest BCUT2D eigenvalue weighted by Gasteiger charge is -2.51. The van der Waals surface area contributed by atoms with Crippen LogP contribution < -0.4 is 5.32 Å². The minimum Gasteiger partial charge on any atom is -0.312 e. The maximum atomic E-state index is 3.80. The van der Waals surface area contributed by atoms with Crippen LogP contribution in [0.1, 0.15) is 66.7 Å². The molecular weight excluding hydrogens is 232 g/mol. The smallest absolute Gasteiger partial charge is 0.0274 e. The van der Waals surface area contributed by atoms with Gasteiger partial charge in [-0.3, -0.25) is 4.90 Å². The number of rotatable bonds is 3. The molecule has 2 rings (SSSR count). The van der Waals surface area contributed by atoms with E-state index in [1.54, 1.807) is 0 Å². The molecule has 2 atom stereocenters. The zero-order chi connectivity index (χ0) is 14.1. The van der Waals surface area contributed by atoms with Crippen LogP contribution in [-0.4, -0.2) is 36.6 Å². The van der Waals surface area contributed by atoms with Crippen molar-refractivity contribution in [3.8, 4) is 0 Å². The van der Waals surface area contributed by atoms with Crippen molar-refractivity contribution in [1.82, 2.24) is 10.2 Å². The highest BCUT2D eigenvalue weighted by atomic mass is 15.2. The van der Waals surface area contributed by atoms with Gasteiger partial charge in [-0.1, -0.05) is 41.0 Å². The SMILES string of the molecule is CCNC1C(N2CCC(C)(C)CC2)CCCC1(C)C. The van der Waals surface area contributed by atoms with Crippen LogP contribution in [0.15, 0.2) is 0 Å². The van der Waals surface area contributed by atoms with Crippen molar-refractivity contribution in [1.29, 1.82) is 0 Å². The number of likely N-dealkylation sites (tertiary alicyclic amines) is 1. The average Bonchev–Trinajstić information content (AvgIpc) is 2.32. The van der Waals surface area contributed by atoms with Gasteiger partial charge in [-0.2, -0.15) is 0 Å². The number of hydrogen-bond acceptors (Lipinski definition) is 2. The van der Waals surface area contributed by atoms with E-state index in [9.17, 15) is 0 Å². The highest BCUT2D eigenvalue weighted by Crippen LogP contribution is 2.40. The number of hydrogen-bond donors (Lipinski definition) is 1. The fourth-order valence-corrected chi connectivity index (χ4v) is 4.10. The average molecular weight is 266 g/mol. The Morgan fingerprint density at radius 1 is 1.05 bits per heavy atom. The Morgan fingerprint density at radius 3 is 2.26 bits per heavy atom. The van der Waals surface area contributed by atoms with Crippen LogP contribution in [-0.2, 0) is 0 Å². The summed E-state index contributed by atoms with van der Waals surface area (Å²) in [5, 5.41) is 3.80. The second-order valence-electron chi connectivity index (χ2n) is 8.18. The molecule has 1 saturated carbocycles. The predicted octanol–water partition coefficient (Wildman–Crippen LogP) is 3.67. The van der Waals surface area contributed by atoms with Crippen molar-refractivity contribution in [2.75, 3.05) is 19.6 Å². The molecule has 2 unspecified atom stereocenters. The first-order valence-corrected chi connectivity index (χ1v) is 8.33. The van der Waals surface area contributed by atoms with E-state index < -0.39 is 0 Å². The van der Waals surface area contributed by atoms with Gasteiger partial charge in [-0.15, -0.1) is 0 Å². The summed E-state index contributed by atoms with van der Waals surface area (Å²) in [5.41, 5.74) is 1.01. The first kappa shape index (κ1) is 15.3. The van der Waals surface area contributed by atoms with E-state index in [0.29, 0.717) is 16.9 Å². The largest absolute Gasteiger partial charge is 0.312 e. The Hall–Kier alpha value is -0.0800. The lowest BCUT2D eigenvalue weighted by atomic mass is 9.69. The molecule has 2 aliphatic rings. The minimum atomic E-state index is 0.450. The fraction of sp³-hybridized carbons (Fsp3) is 1.00. The fourth-order valence-electron chi connectivity index (χ4n) is 4.10. The van der Waals surface area contributed by atoms with E-state index >= 15 is 0 Å². The van der Waals surface area contributed by atoms with Crippen LogP contribution in [0.3, 0.4) is 0 Å². The summed E-state index contributed by atoms with van der Waals surface area (Å²) in [5.74, 6) is 0. The van der Waals surface area contributed by atoms with E-state index in [2.05, 4.69) is 44.8 Å². The topological polar surface area (TPSA) is 15.3 Å². The van der Waals surface area contributed by atoms with Gasteiger partial charge in [0.2, 0.25) is 0 Å². The number of piperidine rings is 1. The van der Waals surface area contributed by atoms with Crippen molar-refractivity contribution in [2.45, 2.75) is 78.8 Å². The number of nitrogens with one attached hydrogen (secondary N) is 1. The second-order valence-corrected chi connectivity index (χ2v) is 8.18. The zero-order valence-corrected chi connectivity index (χ0v) is 13.8. The van der Waals surface area contributed by atoms with Crippen LogP contribution in [0.25, 0.3) is 0 Å². The van der Waals surface area contributed by atoms with Crippen LogP contribution in [0, 0.1) is 10.8 Å². The molecule has 0 amide bonds. The molecule has 2 heteroatoms. The zero-order valence-electron chi connectivity index (χ0n) is 13.8. The van der Waals surface area contributed by atoms with Gasteiger partial charge in [-0.25, -0.2) is 0 Å². The normalized spacial score (nSPS) is 35.2. The summed E-state index contributed by atoms with van der Waals surface area (Å²) in [6.45, 7) is 15.7. The van der Waals surface area contributed by atoms with Crippen molar-refractivity contribution < 1.29 is 0 Å². The standard InChI is InChI=1S/C17H34N2/c1-6-18-15-14(8-7-9-17(15,4)5)19-12-10-16(2,3)11-13-19/h14-15,18H,6-13H2,1-5H3. The predicted molar refractivity (Wildman–Crippen MR) is 83.5 cm³/mol. The summed E-state index contributed by atoms with van der Waals surface area (Å²) in [4.78, 5) is 2.79. The Kier molecular flexibility index (Phi) is 4.62. The third-order valence-corrected chi connectivity index (χ3v) is 5.59. The van der Waals surface area contributed by atoms with E-state index in [1.165, 1.54) is 45.2 Å². The van der Waals surface area contributed by atoms with Crippen LogP contribution in [0.4, 0.5) is 0 Å². The number of nitrogens with zero attached hydrogens (tertiary/aromatic N) is 1. The van der Waals surface area contributed by atoms with Crippen LogP contribution in [0.5, 0.6) is 0 Å². The molecular formula is C17H34N2. The Balaban J connectivity index is 2.04. The molecule has 1 heterocycles. The van der Waals surface area contributed by atoms with Gasteiger partial charge in [0.15, 0.2) is 0 Å². The summed E-state index contributed by atoms with van der Waals surface area (Å²) < 4.78 is 0. The molecule has 2 nitrogen and oxygen atoms in total. The lowest BCUT2D eigenvalue weighted by Crippen LogP contribution is -2.60. The molecule has 1 aliphatic carbocycles. The van der Waals surface area contributed by atoms with Crippen molar-refractivity contribution in [3.63, 3.8) is 0 Å². The van der Waals surface area contributed by atoms with Crippen LogP contribution in [0.2, 0.25) is 0 Å². The Bertz CT molecular complexity index is 286. The summed E-state index contributed by atoms with van der Waals surface area (Å²) >= 11 is 0. The maximum absolute atomic E-state index is 3.80. The third kappa shape index (κ3) is 3.52. The van der Waals surface area contributed by atoms with E-state index in [4.69, 9.17) is 0 Å². The first-order valence-electron chi connectivity index (χ1n) is 8.33. The van der Waals surface area contributed by atoms with E-state index in [0.717, 1.165) is 12.6 Å². The monoisotopic (exact) mass is 266 g/mol. The molecule has 1 aliphatic heterocycles. The van der Waals surface area contributed by atoms with Gasteiger partial charge >= 0.3 is 0 Å². The molecule has 1 saturated heterocycles. The molecule has 0 radical (unpaired) electrons. The molecule has 0 aromatic rings. The Labute approximate surface area is 120 Å². The quantitative estimate of drug-likeness (QED) is 0.838. The van der Waals surface area contributed by atoms with Gasteiger partial charge in [0.1, 0.15) is 0 Å². The minimum absolute atomic E-state index is 0.450.